The highest BCUT2D eigenvalue weighted by Gasteiger charge is 2.04. The lowest BCUT2D eigenvalue weighted by atomic mass is 10.0. The van der Waals surface area contributed by atoms with Gasteiger partial charge >= 0.3 is 0 Å². The minimum atomic E-state index is 0.555. The fourth-order valence-electron chi connectivity index (χ4n) is 1.83. The van der Waals surface area contributed by atoms with E-state index in [-0.39, 0.29) is 0 Å². The topological polar surface area (TPSA) is 56.7 Å². The average molecular weight is 244 g/mol. The van der Waals surface area contributed by atoms with Gasteiger partial charge in [-0.1, -0.05) is 43.3 Å². The van der Waals surface area contributed by atoms with E-state index in [4.69, 9.17) is 5.73 Å². The van der Waals surface area contributed by atoms with E-state index in [1.165, 1.54) is 5.56 Å². The summed E-state index contributed by atoms with van der Waals surface area (Å²) >= 11 is 0. The van der Waals surface area contributed by atoms with Crippen LogP contribution < -0.4 is 5.73 Å². The van der Waals surface area contributed by atoms with E-state index in [0.717, 1.165) is 24.2 Å². The monoisotopic (exact) mass is 244 g/mol. The van der Waals surface area contributed by atoms with Crippen molar-refractivity contribution in [3.05, 3.63) is 36.0 Å². The van der Waals surface area contributed by atoms with Gasteiger partial charge in [0.25, 0.3) is 0 Å². The standard InChI is InChI=1S/C14H20N4/c1-11(2)12-4-6-13(7-5-12)14-10-18(17-16-14)9-3-8-15/h4-7,10-11H,3,8-9,15H2,1-2H3. The van der Waals surface area contributed by atoms with Crippen LogP contribution in [0.3, 0.4) is 0 Å². The number of nitrogens with zero attached hydrogens (tertiary/aromatic N) is 3. The van der Waals surface area contributed by atoms with Gasteiger partial charge in [0.05, 0.1) is 6.20 Å². The molecule has 2 N–H and O–H groups in total. The maximum atomic E-state index is 5.48. The molecule has 0 saturated heterocycles. The zero-order chi connectivity index (χ0) is 13.0. The molecule has 0 radical (unpaired) electrons. The molecule has 0 aliphatic carbocycles. The van der Waals surface area contributed by atoms with Crippen LogP contribution in [0.15, 0.2) is 30.5 Å². The highest BCUT2D eigenvalue weighted by molar-refractivity contribution is 5.58. The Balaban J connectivity index is 2.13. The van der Waals surface area contributed by atoms with Crippen molar-refractivity contribution in [2.45, 2.75) is 32.7 Å². The Morgan fingerprint density at radius 3 is 2.56 bits per heavy atom. The molecule has 2 rings (SSSR count). The summed E-state index contributed by atoms with van der Waals surface area (Å²) in [6.45, 7) is 5.89. The Morgan fingerprint density at radius 1 is 1.22 bits per heavy atom. The first-order chi connectivity index (χ1) is 8.70. The van der Waals surface area contributed by atoms with Gasteiger partial charge in [-0.2, -0.15) is 0 Å². The van der Waals surface area contributed by atoms with Gasteiger partial charge in [0.1, 0.15) is 5.69 Å². The van der Waals surface area contributed by atoms with Crippen LogP contribution in [-0.4, -0.2) is 21.5 Å². The molecule has 0 fully saturated rings. The highest BCUT2D eigenvalue weighted by atomic mass is 15.4. The van der Waals surface area contributed by atoms with E-state index >= 15 is 0 Å². The first-order valence-electron chi connectivity index (χ1n) is 6.41. The number of rotatable bonds is 5. The molecule has 0 saturated carbocycles. The third kappa shape index (κ3) is 2.96. The van der Waals surface area contributed by atoms with Gasteiger partial charge in [-0.3, -0.25) is 4.68 Å². The second-order valence-corrected chi connectivity index (χ2v) is 4.79. The van der Waals surface area contributed by atoms with Crippen LogP contribution in [0, 0.1) is 0 Å². The summed E-state index contributed by atoms with van der Waals surface area (Å²) in [7, 11) is 0. The lowest BCUT2D eigenvalue weighted by Crippen LogP contribution is -2.06. The average Bonchev–Trinajstić information content (AvgIpc) is 2.85. The number of aromatic nitrogens is 3. The summed E-state index contributed by atoms with van der Waals surface area (Å²) in [6, 6.07) is 8.51. The van der Waals surface area contributed by atoms with Crippen molar-refractivity contribution >= 4 is 0 Å². The van der Waals surface area contributed by atoms with Crippen LogP contribution in [0.25, 0.3) is 11.3 Å². The third-order valence-corrected chi connectivity index (χ3v) is 3.00. The van der Waals surface area contributed by atoms with Gasteiger partial charge in [-0.25, -0.2) is 0 Å². The SMILES string of the molecule is CC(C)c1ccc(-c2cn(CCCN)nn2)cc1. The maximum absolute atomic E-state index is 5.48. The quantitative estimate of drug-likeness (QED) is 0.878. The van der Waals surface area contributed by atoms with Crippen LogP contribution in [-0.2, 0) is 6.54 Å². The van der Waals surface area contributed by atoms with E-state index in [9.17, 15) is 0 Å². The molecule has 1 heterocycles. The summed E-state index contributed by atoms with van der Waals surface area (Å²) in [4.78, 5) is 0. The molecule has 96 valence electrons. The zero-order valence-electron chi connectivity index (χ0n) is 11.0. The molecule has 0 amide bonds. The molecule has 4 heteroatoms. The molecule has 0 aliphatic heterocycles. The van der Waals surface area contributed by atoms with E-state index in [1.807, 2.05) is 10.9 Å². The van der Waals surface area contributed by atoms with E-state index in [2.05, 4.69) is 48.4 Å². The molecule has 0 bridgehead atoms. The van der Waals surface area contributed by atoms with Gasteiger partial charge < -0.3 is 5.73 Å². The van der Waals surface area contributed by atoms with Gasteiger partial charge in [-0.05, 0) is 24.4 Å². The second kappa shape index (κ2) is 5.78. The molecule has 4 nitrogen and oxygen atoms in total. The van der Waals surface area contributed by atoms with Gasteiger partial charge in [0, 0.05) is 12.1 Å². The van der Waals surface area contributed by atoms with Crippen molar-refractivity contribution in [2.24, 2.45) is 5.73 Å². The second-order valence-electron chi connectivity index (χ2n) is 4.79. The highest BCUT2D eigenvalue weighted by Crippen LogP contribution is 2.20. The Labute approximate surface area is 108 Å². The van der Waals surface area contributed by atoms with E-state index < -0.39 is 0 Å². The third-order valence-electron chi connectivity index (χ3n) is 3.00. The van der Waals surface area contributed by atoms with Crippen molar-refractivity contribution in [3.63, 3.8) is 0 Å². The predicted molar refractivity (Wildman–Crippen MR) is 73.2 cm³/mol. The lowest BCUT2D eigenvalue weighted by molar-refractivity contribution is 0.564. The summed E-state index contributed by atoms with van der Waals surface area (Å²) in [6.07, 6.45) is 2.90. The summed E-state index contributed by atoms with van der Waals surface area (Å²) < 4.78 is 1.85. The largest absolute Gasteiger partial charge is 0.330 e. The van der Waals surface area contributed by atoms with Crippen LogP contribution in [0.1, 0.15) is 31.7 Å². The summed E-state index contributed by atoms with van der Waals surface area (Å²) in [5.41, 5.74) is 8.85. The number of nitrogens with two attached hydrogens (primary N) is 1. The Kier molecular flexibility index (Phi) is 4.10. The molecule has 0 spiro atoms. The molecular weight excluding hydrogens is 224 g/mol. The molecule has 0 unspecified atom stereocenters. The minimum absolute atomic E-state index is 0.555. The van der Waals surface area contributed by atoms with Gasteiger partial charge in [0.15, 0.2) is 0 Å². The van der Waals surface area contributed by atoms with Crippen molar-refractivity contribution in [3.8, 4) is 11.3 Å². The molecule has 2 aromatic rings. The van der Waals surface area contributed by atoms with Crippen LogP contribution >= 0.6 is 0 Å². The van der Waals surface area contributed by atoms with Gasteiger partial charge in [0.2, 0.25) is 0 Å². The molecule has 18 heavy (non-hydrogen) atoms. The van der Waals surface area contributed by atoms with Crippen LogP contribution in [0.2, 0.25) is 0 Å². The molecule has 1 aromatic heterocycles. The summed E-state index contributed by atoms with van der Waals surface area (Å²) in [5, 5.41) is 8.28. The molecular formula is C14H20N4. The number of benzene rings is 1. The number of hydrogen-bond acceptors (Lipinski definition) is 3. The Hall–Kier alpha value is -1.68. The fourth-order valence-corrected chi connectivity index (χ4v) is 1.83. The first kappa shape index (κ1) is 12.8. The molecule has 0 aliphatic rings. The van der Waals surface area contributed by atoms with Crippen LogP contribution in [0.4, 0.5) is 0 Å². The normalized spacial score (nSPS) is 11.1. The molecule has 0 atom stereocenters. The predicted octanol–water partition coefficient (Wildman–Crippen LogP) is 2.42. The number of aryl methyl sites for hydroxylation is 1. The zero-order valence-corrected chi connectivity index (χ0v) is 11.0. The molecule has 1 aromatic carbocycles. The maximum Gasteiger partial charge on any atom is 0.113 e. The van der Waals surface area contributed by atoms with Gasteiger partial charge in [-0.15, -0.1) is 5.10 Å². The van der Waals surface area contributed by atoms with Crippen molar-refractivity contribution in [1.29, 1.82) is 0 Å². The fraction of sp³-hybridized carbons (Fsp3) is 0.429. The van der Waals surface area contributed by atoms with Crippen LogP contribution in [0.5, 0.6) is 0 Å². The minimum Gasteiger partial charge on any atom is -0.330 e. The Bertz CT molecular complexity index is 485. The Morgan fingerprint density at radius 2 is 1.94 bits per heavy atom. The van der Waals surface area contributed by atoms with E-state index in [0.29, 0.717) is 12.5 Å². The van der Waals surface area contributed by atoms with Crippen molar-refractivity contribution in [1.82, 2.24) is 15.0 Å². The lowest BCUT2D eigenvalue weighted by Gasteiger charge is -2.05. The smallest absolute Gasteiger partial charge is 0.113 e. The van der Waals surface area contributed by atoms with Crippen molar-refractivity contribution in [2.75, 3.05) is 6.54 Å². The summed E-state index contributed by atoms with van der Waals surface area (Å²) in [5.74, 6) is 0.555. The number of hydrogen-bond donors (Lipinski definition) is 1. The van der Waals surface area contributed by atoms with E-state index in [1.54, 1.807) is 0 Å². The van der Waals surface area contributed by atoms with Crippen molar-refractivity contribution < 1.29 is 0 Å². The first-order valence-corrected chi connectivity index (χ1v) is 6.41.